The third-order valence-corrected chi connectivity index (χ3v) is 7.68. The molecule has 3 aromatic rings. The number of amides is 1. The van der Waals surface area contributed by atoms with E-state index in [9.17, 15) is 4.79 Å². The van der Waals surface area contributed by atoms with E-state index < -0.39 is 0 Å². The normalized spacial score (nSPS) is 21.4. The number of aryl methyl sites for hydroxylation is 1. The van der Waals surface area contributed by atoms with E-state index in [1.54, 1.807) is 25.4 Å². The molecule has 0 aliphatic heterocycles. The van der Waals surface area contributed by atoms with E-state index in [0.717, 1.165) is 28.8 Å². The highest BCUT2D eigenvalue weighted by Crippen LogP contribution is 2.40. The topological polar surface area (TPSA) is 81.1 Å². The van der Waals surface area contributed by atoms with E-state index in [2.05, 4.69) is 33.3 Å². The lowest BCUT2D eigenvalue weighted by Gasteiger charge is -2.39. The van der Waals surface area contributed by atoms with Gasteiger partial charge in [0.25, 0.3) is 5.91 Å². The van der Waals surface area contributed by atoms with Crippen molar-refractivity contribution in [3.8, 4) is 11.5 Å². The lowest BCUT2D eigenvalue weighted by Crippen LogP contribution is -2.38. The number of rotatable bonds is 6. The van der Waals surface area contributed by atoms with Gasteiger partial charge in [-0.3, -0.25) is 9.78 Å². The Hall–Kier alpha value is -3.09. The van der Waals surface area contributed by atoms with E-state index in [1.807, 2.05) is 12.1 Å². The van der Waals surface area contributed by atoms with E-state index in [-0.39, 0.29) is 5.91 Å². The zero-order chi connectivity index (χ0) is 23.5. The van der Waals surface area contributed by atoms with Gasteiger partial charge in [0.2, 0.25) is 5.95 Å². The molecule has 180 valence electrons. The number of carbonyl (C=O) groups is 1. The number of nitrogens with zero attached hydrogens (tertiary/aromatic N) is 3. The molecule has 2 aromatic heterocycles. The summed E-state index contributed by atoms with van der Waals surface area (Å²) in [5.74, 6) is 3.48. The van der Waals surface area contributed by atoms with Gasteiger partial charge in [-0.25, -0.2) is 4.98 Å². The van der Waals surface area contributed by atoms with E-state index in [4.69, 9.17) is 9.72 Å². The number of imidazole rings is 1. The Morgan fingerprint density at radius 2 is 1.85 bits per heavy atom. The summed E-state index contributed by atoms with van der Waals surface area (Å²) in [6, 6.07) is 9.86. The Bertz CT molecular complexity index is 1150. The van der Waals surface area contributed by atoms with Gasteiger partial charge in [-0.2, -0.15) is 0 Å². The first-order valence-electron chi connectivity index (χ1n) is 12.7. The van der Waals surface area contributed by atoms with Gasteiger partial charge in [0.1, 0.15) is 17.0 Å². The van der Waals surface area contributed by atoms with E-state index >= 15 is 0 Å². The first-order valence-corrected chi connectivity index (χ1v) is 12.7. The van der Waals surface area contributed by atoms with Crippen molar-refractivity contribution in [2.45, 2.75) is 63.8 Å². The minimum atomic E-state index is -0.243. The third kappa shape index (κ3) is 4.61. The summed E-state index contributed by atoms with van der Waals surface area (Å²) in [6.45, 7) is 0. The SMILES string of the molecule is CNC(=O)c1cc(Oc2cccc3c2nc(NC2CCCCC2C2CCCCC2)n3C)ccn1. The lowest BCUT2D eigenvalue weighted by atomic mass is 9.71. The van der Waals surface area contributed by atoms with Crippen LogP contribution >= 0.6 is 0 Å². The number of ether oxygens (including phenoxy) is 1. The number of anilines is 1. The highest BCUT2D eigenvalue weighted by atomic mass is 16.5. The van der Waals surface area contributed by atoms with Crippen molar-refractivity contribution in [1.29, 1.82) is 0 Å². The van der Waals surface area contributed by atoms with Crippen LogP contribution in [0.2, 0.25) is 0 Å². The van der Waals surface area contributed by atoms with Crippen LogP contribution in [0.3, 0.4) is 0 Å². The average Bonchev–Trinajstić information content (AvgIpc) is 3.20. The summed E-state index contributed by atoms with van der Waals surface area (Å²) in [6.07, 6.45) is 13.7. The van der Waals surface area contributed by atoms with E-state index in [1.165, 1.54) is 57.8 Å². The molecule has 0 spiro atoms. The number of hydrogen-bond donors (Lipinski definition) is 2. The summed E-state index contributed by atoms with van der Waals surface area (Å²) < 4.78 is 8.31. The Morgan fingerprint density at radius 3 is 2.68 bits per heavy atom. The van der Waals surface area contributed by atoms with Crippen molar-refractivity contribution in [1.82, 2.24) is 19.9 Å². The number of fused-ring (bicyclic) bond motifs is 1. The minimum absolute atomic E-state index is 0.243. The fourth-order valence-corrected chi connectivity index (χ4v) is 5.89. The Kier molecular flexibility index (Phi) is 6.70. The molecule has 2 unspecified atom stereocenters. The molecule has 7 nitrogen and oxygen atoms in total. The van der Waals surface area contributed by atoms with Crippen LogP contribution in [0.25, 0.3) is 11.0 Å². The minimum Gasteiger partial charge on any atom is -0.455 e. The molecule has 0 bridgehead atoms. The van der Waals surface area contributed by atoms with Crippen molar-refractivity contribution in [2.75, 3.05) is 12.4 Å². The zero-order valence-corrected chi connectivity index (χ0v) is 20.2. The molecule has 2 aliphatic carbocycles. The molecule has 2 N–H and O–H groups in total. The molecule has 2 heterocycles. The predicted octanol–water partition coefficient (Wildman–Crippen LogP) is 5.67. The molecule has 1 amide bonds. The van der Waals surface area contributed by atoms with Gasteiger partial charge in [0.15, 0.2) is 5.75 Å². The van der Waals surface area contributed by atoms with Crippen LogP contribution in [0.1, 0.15) is 68.3 Å². The second kappa shape index (κ2) is 10.0. The number of nitrogens with one attached hydrogen (secondary N) is 2. The number of carbonyl (C=O) groups excluding carboxylic acids is 1. The first kappa shape index (κ1) is 22.7. The summed E-state index contributed by atoms with van der Waals surface area (Å²) in [5.41, 5.74) is 2.16. The third-order valence-electron chi connectivity index (χ3n) is 7.68. The number of benzene rings is 1. The molecule has 34 heavy (non-hydrogen) atoms. The zero-order valence-electron chi connectivity index (χ0n) is 20.2. The first-order chi connectivity index (χ1) is 16.6. The van der Waals surface area contributed by atoms with Crippen LogP contribution in [0, 0.1) is 11.8 Å². The van der Waals surface area contributed by atoms with Crippen molar-refractivity contribution in [3.05, 3.63) is 42.2 Å². The maximum absolute atomic E-state index is 12.0. The molecule has 2 saturated carbocycles. The molecule has 5 rings (SSSR count). The summed E-state index contributed by atoms with van der Waals surface area (Å²) in [4.78, 5) is 21.1. The molecule has 7 heteroatoms. The van der Waals surface area contributed by atoms with Gasteiger partial charge in [0, 0.05) is 32.4 Å². The monoisotopic (exact) mass is 461 g/mol. The van der Waals surface area contributed by atoms with Gasteiger partial charge < -0.3 is 19.9 Å². The molecular weight excluding hydrogens is 426 g/mol. The largest absolute Gasteiger partial charge is 0.455 e. The Balaban J connectivity index is 1.40. The summed E-state index contributed by atoms with van der Waals surface area (Å²) in [7, 11) is 3.65. The smallest absolute Gasteiger partial charge is 0.269 e. The van der Waals surface area contributed by atoms with Gasteiger partial charge in [-0.05, 0) is 42.9 Å². The van der Waals surface area contributed by atoms with Crippen LogP contribution in [0.15, 0.2) is 36.5 Å². The number of pyridine rings is 1. The number of para-hydroxylation sites is 1. The Labute approximate surface area is 201 Å². The van der Waals surface area contributed by atoms with Crippen molar-refractivity contribution < 1.29 is 9.53 Å². The molecule has 0 saturated heterocycles. The molecule has 0 radical (unpaired) electrons. The van der Waals surface area contributed by atoms with Gasteiger partial charge in [-0.1, -0.05) is 51.0 Å². The highest BCUT2D eigenvalue weighted by Gasteiger charge is 2.33. The molecule has 2 atom stereocenters. The van der Waals surface area contributed by atoms with Crippen LogP contribution in [-0.4, -0.2) is 33.5 Å². The second-order valence-electron chi connectivity index (χ2n) is 9.77. The Morgan fingerprint density at radius 1 is 1.06 bits per heavy atom. The molecular formula is C27H35N5O2. The van der Waals surface area contributed by atoms with Gasteiger partial charge in [-0.15, -0.1) is 0 Å². The maximum atomic E-state index is 12.0. The predicted molar refractivity (Wildman–Crippen MR) is 134 cm³/mol. The number of aromatic nitrogens is 3. The fraction of sp³-hybridized carbons (Fsp3) is 0.519. The van der Waals surface area contributed by atoms with Crippen LogP contribution in [0.5, 0.6) is 11.5 Å². The van der Waals surface area contributed by atoms with Crippen LogP contribution in [0.4, 0.5) is 5.95 Å². The maximum Gasteiger partial charge on any atom is 0.269 e. The lowest BCUT2D eigenvalue weighted by molar-refractivity contribution is 0.0958. The van der Waals surface area contributed by atoms with Crippen molar-refractivity contribution in [2.24, 2.45) is 18.9 Å². The average molecular weight is 462 g/mol. The second-order valence-corrected chi connectivity index (χ2v) is 9.77. The van der Waals surface area contributed by atoms with E-state index in [0.29, 0.717) is 23.2 Å². The van der Waals surface area contributed by atoms with Crippen molar-refractivity contribution in [3.63, 3.8) is 0 Å². The summed E-state index contributed by atoms with van der Waals surface area (Å²) in [5, 5.41) is 6.44. The van der Waals surface area contributed by atoms with Crippen LogP contribution in [-0.2, 0) is 7.05 Å². The number of hydrogen-bond acceptors (Lipinski definition) is 5. The summed E-state index contributed by atoms with van der Waals surface area (Å²) >= 11 is 0. The van der Waals surface area contributed by atoms with Crippen molar-refractivity contribution >= 4 is 22.9 Å². The molecule has 2 aliphatic rings. The standard InChI is InChI=1S/C27H35N5O2/c1-28-26(33)22-17-19(15-16-29-22)34-24-14-8-13-23-25(24)31-27(32(23)2)30-21-12-7-6-11-20(21)18-9-4-3-5-10-18/h8,13-18,20-21H,3-7,9-12H2,1-2H3,(H,28,33)(H,30,31). The van der Waals surface area contributed by atoms with Gasteiger partial charge >= 0.3 is 0 Å². The molecule has 1 aromatic carbocycles. The van der Waals surface area contributed by atoms with Crippen LogP contribution < -0.4 is 15.4 Å². The van der Waals surface area contributed by atoms with Gasteiger partial charge in [0.05, 0.1) is 5.52 Å². The quantitative estimate of drug-likeness (QED) is 0.494. The molecule has 2 fully saturated rings. The fourth-order valence-electron chi connectivity index (χ4n) is 5.89. The highest BCUT2D eigenvalue weighted by molar-refractivity contribution is 5.92.